The van der Waals surface area contributed by atoms with Crippen LogP contribution in [0.5, 0.6) is 0 Å². The highest BCUT2D eigenvalue weighted by Gasteiger charge is 2.44. The van der Waals surface area contributed by atoms with E-state index in [0.717, 1.165) is 24.8 Å². The van der Waals surface area contributed by atoms with Crippen molar-refractivity contribution in [1.29, 1.82) is 0 Å². The topological polar surface area (TPSA) is 63.1 Å². The van der Waals surface area contributed by atoms with Crippen molar-refractivity contribution in [3.8, 4) is 0 Å². The van der Waals surface area contributed by atoms with Crippen LogP contribution in [-0.4, -0.2) is 13.5 Å². The Morgan fingerprint density at radius 3 is 2.54 bits per heavy atom. The first kappa shape index (κ1) is 18.6. The van der Waals surface area contributed by atoms with Crippen molar-refractivity contribution in [2.24, 2.45) is 7.05 Å². The van der Waals surface area contributed by atoms with Gasteiger partial charge in [0.2, 0.25) is 0 Å². The summed E-state index contributed by atoms with van der Waals surface area (Å²) in [7, 11) is 0.336. The molecule has 1 unspecified atom stereocenters. The third-order valence-electron chi connectivity index (χ3n) is 4.89. The molecule has 1 aliphatic rings. The second kappa shape index (κ2) is 6.87. The predicted octanol–water partition coefficient (Wildman–Crippen LogP) is 3.77. The lowest BCUT2D eigenvalue weighted by Crippen LogP contribution is -2.26. The molecule has 140 valence electrons. The highest BCUT2D eigenvalue weighted by Crippen LogP contribution is 2.41. The van der Waals surface area contributed by atoms with Gasteiger partial charge in [0.05, 0.1) is 16.1 Å². The molecule has 1 saturated carbocycles. The largest absolute Gasteiger partial charge is 0.337 e. The maximum absolute atomic E-state index is 14.4. The summed E-state index contributed by atoms with van der Waals surface area (Å²) in [6, 6.07) is 6.63. The van der Waals surface area contributed by atoms with Gasteiger partial charge in [-0.2, -0.15) is 0 Å². The SMILES string of the molecule is CCc1ccc(Nc2c(NS(=O)C3(C)CC3)cc(C)c(=O)n2C)c(F)c1. The number of aryl methyl sites for hydroxylation is 2. The molecule has 0 amide bonds. The molecule has 0 radical (unpaired) electrons. The summed E-state index contributed by atoms with van der Waals surface area (Å²) in [6.45, 7) is 5.62. The maximum atomic E-state index is 14.4. The summed E-state index contributed by atoms with van der Waals surface area (Å²) < 4.78 is 31.2. The predicted molar refractivity (Wildman–Crippen MR) is 105 cm³/mol. The molecule has 0 spiro atoms. The fraction of sp³-hybridized carbons (Fsp3) is 0.421. The van der Waals surface area contributed by atoms with E-state index in [-0.39, 0.29) is 16.0 Å². The smallest absolute Gasteiger partial charge is 0.254 e. The van der Waals surface area contributed by atoms with Crippen molar-refractivity contribution in [1.82, 2.24) is 4.57 Å². The number of nitrogens with one attached hydrogen (secondary N) is 2. The van der Waals surface area contributed by atoms with Crippen LogP contribution in [0.1, 0.15) is 37.8 Å². The highest BCUT2D eigenvalue weighted by atomic mass is 32.2. The Labute approximate surface area is 155 Å². The van der Waals surface area contributed by atoms with Crippen molar-refractivity contribution < 1.29 is 8.60 Å². The number of anilines is 3. The third kappa shape index (κ3) is 3.53. The van der Waals surface area contributed by atoms with E-state index in [0.29, 0.717) is 17.1 Å². The second-order valence-corrected chi connectivity index (χ2v) is 8.79. The Morgan fingerprint density at radius 1 is 1.27 bits per heavy atom. The molecule has 0 bridgehead atoms. The minimum absolute atomic E-state index is 0.188. The van der Waals surface area contributed by atoms with E-state index >= 15 is 0 Å². The van der Waals surface area contributed by atoms with Crippen LogP contribution in [0.15, 0.2) is 29.1 Å². The van der Waals surface area contributed by atoms with Crippen LogP contribution in [0.4, 0.5) is 21.6 Å². The summed E-state index contributed by atoms with van der Waals surface area (Å²) in [5.41, 5.74) is 2.03. The summed E-state index contributed by atoms with van der Waals surface area (Å²) >= 11 is 0. The fourth-order valence-corrected chi connectivity index (χ4v) is 3.79. The monoisotopic (exact) mass is 377 g/mol. The normalized spacial score (nSPS) is 16.2. The van der Waals surface area contributed by atoms with Gasteiger partial charge >= 0.3 is 0 Å². The van der Waals surface area contributed by atoms with Crippen molar-refractivity contribution >= 4 is 28.2 Å². The van der Waals surface area contributed by atoms with E-state index in [2.05, 4.69) is 10.0 Å². The third-order valence-corrected chi connectivity index (χ3v) is 6.60. The maximum Gasteiger partial charge on any atom is 0.254 e. The number of halogens is 1. The Balaban J connectivity index is 2.00. The van der Waals surface area contributed by atoms with Crippen LogP contribution >= 0.6 is 0 Å². The average molecular weight is 377 g/mol. The second-order valence-electron chi connectivity index (χ2n) is 7.07. The summed E-state index contributed by atoms with van der Waals surface area (Å²) in [5, 5.41) is 3.00. The molecular formula is C19H24FN3O2S. The van der Waals surface area contributed by atoms with Crippen LogP contribution in [0.25, 0.3) is 0 Å². The summed E-state index contributed by atoms with van der Waals surface area (Å²) in [4.78, 5) is 12.3. The van der Waals surface area contributed by atoms with Crippen LogP contribution in [-0.2, 0) is 24.5 Å². The number of nitrogens with zero attached hydrogens (tertiary/aromatic N) is 1. The van der Waals surface area contributed by atoms with E-state index in [9.17, 15) is 13.4 Å². The average Bonchev–Trinajstić information content (AvgIpc) is 3.36. The van der Waals surface area contributed by atoms with Crippen molar-refractivity contribution in [2.45, 2.75) is 44.8 Å². The molecule has 26 heavy (non-hydrogen) atoms. The minimum Gasteiger partial charge on any atom is -0.337 e. The lowest BCUT2D eigenvalue weighted by molar-refractivity contribution is 0.629. The Bertz CT molecular complexity index is 935. The van der Waals surface area contributed by atoms with Crippen LogP contribution in [0, 0.1) is 12.7 Å². The molecule has 2 N–H and O–H groups in total. The number of hydrogen-bond donors (Lipinski definition) is 2. The molecule has 1 aromatic carbocycles. The number of pyridine rings is 1. The van der Waals surface area contributed by atoms with E-state index in [1.165, 1.54) is 10.6 Å². The van der Waals surface area contributed by atoms with Gasteiger partial charge in [0.25, 0.3) is 5.56 Å². The molecule has 1 aliphatic carbocycles. The summed E-state index contributed by atoms with van der Waals surface area (Å²) in [6.07, 6.45) is 2.53. The van der Waals surface area contributed by atoms with Crippen LogP contribution in [0.2, 0.25) is 0 Å². The zero-order valence-electron chi connectivity index (χ0n) is 15.5. The van der Waals surface area contributed by atoms with Crippen molar-refractivity contribution in [2.75, 3.05) is 10.0 Å². The molecular weight excluding hydrogens is 353 g/mol. The lowest BCUT2D eigenvalue weighted by atomic mass is 10.1. The molecule has 0 saturated heterocycles. The van der Waals surface area contributed by atoms with Gasteiger partial charge in [-0.15, -0.1) is 0 Å². The highest BCUT2D eigenvalue weighted by molar-refractivity contribution is 7.88. The number of hydrogen-bond acceptors (Lipinski definition) is 3. The molecule has 1 aromatic heterocycles. The Hall–Kier alpha value is -2.15. The number of aromatic nitrogens is 1. The molecule has 7 heteroatoms. The van der Waals surface area contributed by atoms with E-state index < -0.39 is 16.8 Å². The first-order valence-corrected chi connectivity index (χ1v) is 9.85. The summed E-state index contributed by atoms with van der Waals surface area (Å²) in [5.74, 6) is -0.0000467. The van der Waals surface area contributed by atoms with Gasteiger partial charge < -0.3 is 10.0 Å². The minimum atomic E-state index is -1.28. The van der Waals surface area contributed by atoms with Gasteiger partial charge in [-0.05, 0) is 56.9 Å². The van der Waals surface area contributed by atoms with E-state index in [4.69, 9.17) is 0 Å². The fourth-order valence-electron chi connectivity index (χ4n) is 2.71. The molecule has 3 rings (SSSR count). The molecule has 1 heterocycles. The van der Waals surface area contributed by atoms with Gasteiger partial charge in [-0.3, -0.25) is 9.36 Å². The standard InChI is InChI=1S/C19H24FN3O2S/c1-5-13-6-7-15(14(20)11-13)21-17-16(10-12(2)18(24)23(17)4)22-26(25)19(3)8-9-19/h6-7,10-11,21-22H,5,8-9H2,1-4H3. The molecule has 5 nitrogen and oxygen atoms in total. The van der Waals surface area contributed by atoms with Gasteiger partial charge in [0, 0.05) is 12.6 Å². The van der Waals surface area contributed by atoms with Gasteiger partial charge in [0.15, 0.2) is 0 Å². The molecule has 2 aromatic rings. The molecule has 1 atom stereocenters. The van der Waals surface area contributed by atoms with Gasteiger partial charge in [-0.1, -0.05) is 13.0 Å². The van der Waals surface area contributed by atoms with Gasteiger partial charge in [0.1, 0.15) is 22.6 Å². The van der Waals surface area contributed by atoms with Crippen LogP contribution in [0.3, 0.4) is 0 Å². The zero-order chi connectivity index (χ0) is 19.1. The first-order valence-electron chi connectivity index (χ1n) is 8.70. The first-order chi connectivity index (χ1) is 12.2. The number of rotatable bonds is 6. The van der Waals surface area contributed by atoms with Crippen molar-refractivity contribution in [3.63, 3.8) is 0 Å². The molecule has 1 fully saturated rings. The Kier molecular flexibility index (Phi) is 4.92. The zero-order valence-corrected chi connectivity index (χ0v) is 16.3. The quantitative estimate of drug-likeness (QED) is 0.806. The van der Waals surface area contributed by atoms with Crippen LogP contribution < -0.4 is 15.6 Å². The van der Waals surface area contributed by atoms with Crippen molar-refractivity contribution in [3.05, 3.63) is 51.6 Å². The number of benzene rings is 1. The Morgan fingerprint density at radius 2 is 1.96 bits per heavy atom. The molecule has 0 aliphatic heterocycles. The van der Waals surface area contributed by atoms with Gasteiger partial charge in [-0.25, -0.2) is 8.60 Å². The lowest BCUT2D eigenvalue weighted by Gasteiger charge is -2.19. The van der Waals surface area contributed by atoms with E-state index in [1.54, 1.807) is 26.1 Å². The van der Waals surface area contributed by atoms with E-state index in [1.807, 2.05) is 19.9 Å².